The molecule has 0 unspecified atom stereocenters. The first-order chi connectivity index (χ1) is 15.6. The molecule has 1 aromatic rings. The summed E-state index contributed by atoms with van der Waals surface area (Å²) >= 11 is 0. The SMILES string of the molecule is COCCCOc1cc(C(=O)N(C(C)C)[C@@H]2CCCNC2)ccc1OC(C)(C)C(=O)N(C)C. The van der Waals surface area contributed by atoms with Crippen LogP contribution in [0.25, 0.3) is 0 Å². The molecule has 186 valence electrons. The van der Waals surface area contributed by atoms with Gasteiger partial charge in [-0.3, -0.25) is 9.59 Å². The second-order valence-electron chi connectivity index (χ2n) is 9.47. The molecular formula is C25H41N3O5. The van der Waals surface area contributed by atoms with Crippen molar-refractivity contribution < 1.29 is 23.8 Å². The van der Waals surface area contributed by atoms with Gasteiger partial charge in [-0.1, -0.05) is 0 Å². The molecule has 1 atom stereocenters. The van der Waals surface area contributed by atoms with E-state index >= 15 is 0 Å². The Morgan fingerprint density at radius 3 is 2.48 bits per heavy atom. The topological polar surface area (TPSA) is 80.3 Å². The van der Waals surface area contributed by atoms with Crippen molar-refractivity contribution in [1.29, 1.82) is 0 Å². The lowest BCUT2D eigenvalue weighted by Gasteiger charge is -2.37. The number of benzene rings is 1. The number of carbonyl (C=O) groups is 2. The molecule has 33 heavy (non-hydrogen) atoms. The summed E-state index contributed by atoms with van der Waals surface area (Å²) in [7, 11) is 5.03. The maximum absolute atomic E-state index is 13.5. The molecule has 8 nitrogen and oxygen atoms in total. The number of ether oxygens (including phenoxy) is 3. The molecule has 2 amide bonds. The minimum absolute atomic E-state index is 0.0318. The molecule has 0 aliphatic carbocycles. The lowest BCUT2D eigenvalue weighted by Crippen LogP contribution is -2.51. The molecule has 0 radical (unpaired) electrons. The summed E-state index contributed by atoms with van der Waals surface area (Å²) in [5.74, 6) is 0.682. The van der Waals surface area contributed by atoms with E-state index in [4.69, 9.17) is 14.2 Å². The third kappa shape index (κ3) is 7.33. The fourth-order valence-electron chi connectivity index (χ4n) is 4.12. The van der Waals surface area contributed by atoms with Crippen LogP contribution in [0.5, 0.6) is 11.5 Å². The number of nitrogens with zero attached hydrogens (tertiary/aromatic N) is 2. The summed E-state index contributed by atoms with van der Waals surface area (Å²) in [5.41, 5.74) is -0.544. The smallest absolute Gasteiger partial charge is 0.265 e. The van der Waals surface area contributed by atoms with E-state index in [1.807, 2.05) is 18.7 Å². The largest absolute Gasteiger partial charge is 0.490 e. The van der Waals surface area contributed by atoms with Crippen LogP contribution in [0.4, 0.5) is 0 Å². The van der Waals surface area contributed by atoms with Gasteiger partial charge in [-0.15, -0.1) is 0 Å². The van der Waals surface area contributed by atoms with E-state index < -0.39 is 5.60 Å². The molecule has 0 bridgehead atoms. The molecule has 0 spiro atoms. The average molecular weight is 464 g/mol. The van der Waals surface area contributed by atoms with Crippen molar-refractivity contribution in [2.75, 3.05) is 47.5 Å². The van der Waals surface area contributed by atoms with Gasteiger partial charge in [0.2, 0.25) is 0 Å². The highest BCUT2D eigenvalue weighted by Gasteiger charge is 2.33. The third-order valence-corrected chi connectivity index (χ3v) is 5.68. The molecule has 0 saturated carbocycles. The number of likely N-dealkylation sites (N-methyl/N-ethyl adjacent to an activating group) is 1. The molecule has 1 N–H and O–H groups in total. The van der Waals surface area contributed by atoms with Crippen LogP contribution < -0.4 is 14.8 Å². The number of hydrogen-bond acceptors (Lipinski definition) is 6. The fraction of sp³-hybridized carbons (Fsp3) is 0.680. The molecule has 1 fully saturated rings. The zero-order valence-electron chi connectivity index (χ0n) is 21.3. The molecular weight excluding hydrogens is 422 g/mol. The first kappa shape index (κ1) is 26.9. The van der Waals surface area contributed by atoms with Gasteiger partial charge in [0, 0.05) is 58.4 Å². The zero-order valence-corrected chi connectivity index (χ0v) is 21.3. The third-order valence-electron chi connectivity index (χ3n) is 5.68. The van der Waals surface area contributed by atoms with Crippen LogP contribution >= 0.6 is 0 Å². The first-order valence-electron chi connectivity index (χ1n) is 11.8. The Hall–Kier alpha value is -2.32. The Bertz CT molecular complexity index is 788. The van der Waals surface area contributed by atoms with Crippen molar-refractivity contribution in [2.24, 2.45) is 0 Å². The van der Waals surface area contributed by atoms with Gasteiger partial charge in [0.05, 0.1) is 6.61 Å². The Kier molecular flexibility index (Phi) is 9.98. The number of amides is 2. The molecule has 1 saturated heterocycles. The maximum Gasteiger partial charge on any atom is 0.265 e. The van der Waals surface area contributed by atoms with Gasteiger partial charge in [-0.25, -0.2) is 0 Å². The van der Waals surface area contributed by atoms with Crippen molar-refractivity contribution >= 4 is 11.8 Å². The van der Waals surface area contributed by atoms with Crippen molar-refractivity contribution in [1.82, 2.24) is 15.1 Å². The van der Waals surface area contributed by atoms with Crippen LogP contribution in [0, 0.1) is 0 Å². The van der Waals surface area contributed by atoms with Gasteiger partial charge in [0.15, 0.2) is 17.1 Å². The maximum atomic E-state index is 13.5. The van der Waals surface area contributed by atoms with Gasteiger partial charge in [-0.05, 0) is 65.3 Å². The van der Waals surface area contributed by atoms with E-state index in [-0.39, 0.29) is 23.9 Å². The van der Waals surface area contributed by atoms with E-state index in [9.17, 15) is 9.59 Å². The highest BCUT2D eigenvalue weighted by Crippen LogP contribution is 2.33. The molecule has 2 rings (SSSR count). The molecule has 1 aliphatic rings. The molecule has 0 aromatic heterocycles. The van der Waals surface area contributed by atoms with Crippen molar-refractivity contribution in [3.05, 3.63) is 23.8 Å². The summed E-state index contributed by atoms with van der Waals surface area (Å²) in [5, 5.41) is 3.40. The number of hydrogen-bond donors (Lipinski definition) is 1. The van der Waals surface area contributed by atoms with Crippen LogP contribution in [0.3, 0.4) is 0 Å². The van der Waals surface area contributed by atoms with Crippen molar-refractivity contribution in [3.63, 3.8) is 0 Å². The predicted molar refractivity (Wildman–Crippen MR) is 129 cm³/mol. The molecule has 1 aliphatic heterocycles. The van der Waals surface area contributed by atoms with Crippen LogP contribution in [0.1, 0.15) is 57.3 Å². The van der Waals surface area contributed by atoms with E-state index in [0.717, 1.165) is 25.9 Å². The lowest BCUT2D eigenvalue weighted by molar-refractivity contribution is -0.142. The number of piperidine rings is 1. The first-order valence-corrected chi connectivity index (χ1v) is 11.8. The normalized spacial score (nSPS) is 16.4. The minimum Gasteiger partial charge on any atom is -0.490 e. The Balaban J connectivity index is 2.33. The molecule has 1 aromatic carbocycles. The summed E-state index contributed by atoms with van der Waals surface area (Å²) in [6.45, 7) is 10.3. The van der Waals surface area contributed by atoms with E-state index in [2.05, 4.69) is 5.32 Å². The Morgan fingerprint density at radius 1 is 1.18 bits per heavy atom. The summed E-state index contributed by atoms with van der Waals surface area (Å²) in [6, 6.07) is 5.43. The number of carbonyl (C=O) groups excluding carboxylic acids is 2. The summed E-state index contributed by atoms with van der Waals surface area (Å²) < 4.78 is 17.2. The standard InChI is InChI=1S/C25H41N3O5/c1-18(2)28(20-10-8-13-26-17-20)23(29)19-11-12-21(22(16-19)32-15-9-14-31-7)33-25(3,4)24(30)27(5)6/h11-12,16,18,20,26H,8-10,13-15,17H2,1-7H3/t20-/m1/s1. The number of nitrogens with one attached hydrogen (secondary N) is 1. The van der Waals surface area contributed by atoms with Gasteiger partial charge in [0.1, 0.15) is 0 Å². The highest BCUT2D eigenvalue weighted by molar-refractivity contribution is 5.95. The fourth-order valence-corrected chi connectivity index (χ4v) is 4.12. The monoisotopic (exact) mass is 463 g/mol. The molecule has 8 heteroatoms. The quantitative estimate of drug-likeness (QED) is 0.508. The van der Waals surface area contributed by atoms with Gasteiger partial charge in [0.25, 0.3) is 11.8 Å². The minimum atomic E-state index is -1.09. The van der Waals surface area contributed by atoms with Crippen LogP contribution in [0.15, 0.2) is 18.2 Å². The Morgan fingerprint density at radius 2 is 1.91 bits per heavy atom. The van der Waals surface area contributed by atoms with Crippen molar-refractivity contribution in [2.45, 2.75) is 64.6 Å². The van der Waals surface area contributed by atoms with Crippen molar-refractivity contribution in [3.8, 4) is 11.5 Å². The van der Waals surface area contributed by atoms with Gasteiger partial charge < -0.3 is 29.3 Å². The van der Waals surface area contributed by atoms with Gasteiger partial charge in [-0.2, -0.15) is 0 Å². The predicted octanol–water partition coefficient (Wildman–Crippen LogP) is 2.95. The van der Waals surface area contributed by atoms with Crippen LogP contribution in [0.2, 0.25) is 0 Å². The van der Waals surface area contributed by atoms with Crippen LogP contribution in [-0.4, -0.2) is 86.8 Å². The van der Waals surface area contributed by atoms with E-state index in [1.54, 1.807) is 53.3 Å². The molecule has 1 heterocycles. The van der Waals surface area contributed by atoms with Gasteiger partial charge >= 0.3 is 0 Å². The summed E-state index contributed by atoms with van der Waals surface area (Å²) in [6.07, 6.45) is 2.73. The van der Waals surface area contributed by atoms with E-state index in [1.165, 1.54) is 4.90 Å². The summed E-state index contributed by atoms with van der Waals surface area (Å²) in [4.78, 5) is 29.6. The second kappa shape index (κ2) is 12.2. The lowest BCUT2D eigenvalue weighted by atomic mass is 10.0. The van der Waals surface area contributed by atoms with E-state index in [0.29, 0.717) is 36.7 Å². The highest BCUT2D eigenvalue weighted by atomic mass is 16.5. The number of rotatable bonds is 11. The second-order valence-corrected chi connectivity index (χ2v) is 9.47. The number of methoxy groups -OCH3 is 1. The zero-order chi connectivity index (χ0) is 24.6. The van der Waals surface area contributed by atoms with Crippen LogP contribution in [-0.2, 0) is 9.53 Å². The average Bonchev–Trinajstić information content (AvgIpc) is 2.77. The Labute approximate surface area is 198 Å².